The Hall–Kier alpha value is -4.21. The Morgan fingerprint density at radius 1 is 1.19 bits per heavy atom. The lowest BCUT2D eigenvalue weighted by Crippen LogP contribution is -2.57. The van der Waals surface area contributed by atoms with Crippen LogP contribution in [0.25, 0.3) is 0 Å². The molecule has 1 aromatic heterocycles. The minimum absolute atomic E-state index is 0.0346. The number of guanidine groups is 1. The van der Waals surface area contributed by atoms with Crippen molar-refractivity contribution in [3.63, 3.8) is 0 Å². The summed E-state index contributed by atoms with van der Waals surface area (Å²) in [6.07, 6.45) is 3.49. The Bertz CT molecular complexity index is 995. The highest BCUT2D eigenvalue weighted by Crippen LogP contribution is 2.20. The zero-order chi connectivity index (χ0) is 27.5. The number of amides is 3. The molecule has 4 atom stereocenters. The summed E-state index contributed by atoms with van der Waals surface area (Å²) in [7, 11) is 0. The fraction of sp³-hybridized carbons (Fsp3) is 0.571. The summed E-state index contributed by atoms with van der Waals surface area (Å²) in [6.45, 7) is 0.469. The van der Waals surface area contributed by atoms with E-state index in [-0.39, 0.29) is 38.3 Å². The molecule has 1 aliphatic rings. The average Bonchev–Trinajstić information content (AvgIpc) is 3.52. The molecule has 2 rings (SSSR count). The van der Waals surface area contributed by atoms with Gasteiger partial charge < -0.3 is 47.9 Å². The number of aromatic nitrogens is 2. The Morgan fingerprint density at radius 2 is 1.92 bits per heavy atom. The number of aromatic amines is 1. The van der Waals surface area contributed by atoms with Crippen LogP contribution in [0.3, 0.4) is 0 Å². The van der Waals surface area contributed by atoms with E-state index >= 15 is 0 Å². The number of carbonyl (C=O) groups excluding carboxylic acids is 3. The number of nitrogens with two attached hydrogens (primary N) is 3. The van der Waals surface area contributed by atoms with Gasteiger partial charge in [0.1, 0.15) is 18.1 Å². The number of aliphatic carboxylic acids is 2. The van der Waals surface area contributed by atoms with Crippen molar-refractivity contribution in [1.29, 1.82) is 0 Å². The number of H-pyrrole nitrogens is 1. The predicted octanol–water partition coefficient (Wildman–Crippen LogP) is -3.15. The molecule has 204 valence electrons. The fourth-order valence-electron chi connectivity index (χ4n) is 3.89. The third-order valence-corrected chi connectivity index (χ3v) is 5.73. The number of nitrogens with one attached hydrogen (secondary N) is 3. The van der Waals surface area contributed by atoms with Crippen molar-refractivity contribution in [1.82, 2.24) is 25.5 Å². The van der Waals surface area contributed by atoms with Crippen molar-refractivity contribution in [2.75, 3.05) is 13.1 Å². The number of hydrogen-bond donors (Lipinski definition) is 8. The van der Waals surface area contributed by atoms with Gasteiger partial charge in [0.2, 0.25) is 17.7 Å². The Morgan fingerprint density at radius 3 is 2.51 bits per heavy atom. The highest BCUT2D eigenvalue weighted by molar-refractivity contribution is 5.95. The van der Waals surface area contributed by atoms with Crippen LogP contribution in [-0.4, -0.2) is 98.0 Å². The Balaban J connectivity index is 2.12. The summed E-state index contributed by atoms with van der Waals surface area (Å²) < 4.78 is 0. The highest BCUT2D eigenvalue weighted by atomic mass is 16.4. The second-order valence-electron chi connectivity index (χ2n) is 8.58. The zero-order valence-corrected chi connectivity index (χ0v) is 20.1. The maximum atomic E-state index is 13.5. The molecular formula is C21H33N9O7. The van der Waals surface area contributed by atoms with Crippen molar-refractivity contribution in [3.05, 3.63) is 18.2 Å². The molecule has 0 aromatic carbocycles. The third kappa shape index (κ3) is 9.06. The van der Waals surface area contributed by atoms with Gasteiger partial charge in [-0.1, -0.05) is 0 Å². The normalized spacial score (nSPS) is 17.3. The van der Waals surface area contributed by atoms with Crippen LogP contribution < -0.4 is 27.8 Å². The van der Waals surface area contributed by atoms with Crippen LogP contribution in [0, 0.1) is 0 Å². The highest BCUT2D eigenvalue weighted by Gasteiger charge is 2.39. The van der Waals surface area contributed by atoms with Crippen molar-refractivity contribution < 1.29 is 34.2 Å². The van der Waals surface area contributed by atoms with E-state index in [1.807, 2.05) is 0 Å². The largest absolute Gasteiger partial charge is 0.481 e. The van der Waals surface area contributed by atoms with Gasteiger partial charge in [-0.05, 0) is 25.7 Å². The van der Waals surface area contributed by atoms with Crippen molar-refractivity contribution in [2.24, 2.45) is 22.2 Å². The Kier molecular flexibility index (Phi) is 10.8. The van der Waals surface area contributed by atoms with E-state index in [1.165, 1.54) is 17.4 Å². The summed E-state index contributed by atoms with van der Waals surface area (Å²) >= 11 is 0. The number of hydrogen-bond acceptors (Lipinski definition) is 8. The molecule has 0 radical (unpaired) electrons. The molecule has 1 aliphatic heterocycles. The number of carbonyl (C=O) groups is 5. The molecule has 1 aromatic rings. The molecule has 1 fully saturated rings. The summed E-state index contributed by atoms with van der Waals surface area (Å²) in [6, 6.07) is -4.73. The van der Waals surface area contributed by atoms with Gasteiger partial charge in [-0.3, -0.25) is 24.2 Å². The van der Waals surface area contributed by atoms with E-state index in [0.717, 1.165) is 0 Å². The molecule has 1 saturated heterocycles. The van der Waals surface area contributed by atoms with Gasteiger partial charge in [-0.25, -0.2) is 9.78 Å². The van der Waals surface area contributed by atoms with Crippen molar-refractivity contribution >= 4 is 35.6 Å². The molecule has 0 spiro atoms. The summed E-state index contributed by atoms with van der Waals surface area (Å²) in [5.74, 6) is -4.94. The molecule has 16 heteroatoms. The second kappa shape index (κ2) is 13.8. The molecule has 0 bridgehead atoms. The van der Waals surface area contributed by atoms with Crippen molar-refractivity contribution in [2.45, 2.75) is 62.7 Å². The first-order chi connectivity index (χ1) is 17.5. The zero-order valence-electron chi connectivity index (χ0n) is 20.1. The first-order valence-electron chi connectivity index (χ1n) is 11.6. The summed E-state index contributed by atoms with van der Waals surface area (Å²) in [4.78, 5) is 73.2. The number of carboxylic acid groups (broad SMARTS) is 2. The van der Waals surface area contributed by atoms with Gasteiger partial charge in [-0.2, -0.15) is 0 Å². The topological polar surface area (TPSA) is 272 Å². The molecular weight excluding hydrogens is 490 g/mol. The number of carboxylic acids is 2. The molecule has 0 aliphatic carbocycles. The van der Waals surface area contributed by atoms with E-state index in [2.05, 4.69) is 25.6 Å². The molecule has 4 unspecified atom stereocenters. The number of aliphatic imine (C=N–C) groups is 1. The lowest BCUT2D eigenvalue weighted by molar-refractivity contribution is -0.148. The Labute approximate surface area is 212 Å². The molecule has 11 N–H and O–H groups in total. The summed E-state index contributed by atoms with van der Waals surface area (Å²) in [5.41, 5.74) is 17.1. The van der Waals surface area contributed by atoms with Gasteiger partial charge >= 0.3 is 11.9 Å². The predicted molar refractivity (Wildman–Crippen MR) is 129 cm³/mol. The van der Waals surface area contributed by atoms with Crippen LogP contribution in [0.5, 0.6) is 0 Å². The van der Waals surface area contributed by atoms with E-state index < -0.39 is 60.2 Å². The molecule has 2 heterocycles. The number of rotatable bonds is 14. The number of nitrogens with zero attached hydrogens (tertiary/aromatic N) is 3. The van der Waals surface area contributed by atoms with E-state index in [0.29, 0.717) is 18.5 Å². The maximum Gasteiger partial charge on any atom is 0.326 e. The standard InChI is InChI=1S/C21H33N9O7/c22-12(3-1-5-26-21(23)24)17(33)28-13(7-11-9-25-10-27-11)19(35)30-6-2-4-15(30)18(34)29-14(20(36)37)8-16(31)32/h9-10,12-15H,1-8,22H2,(H,25,27)(H,28,33)(H,29,34)(H,31,32)(H,36,37)(H4,23,24,26). The first kappa shape index (κ1) is 29.0. The monoisotopic (exact) mass is 523 g/mol. The van der Waals surface area contributed by atoms with E-state index in [4.69, 9.17) is 22.3 Å². The lowest BCUT2D eigenvalue weighted by atomic mass is 10.1. The molecule has 3 amide bonds. The minimum atomic E-state index is -1.65. The first-order valence-corrected chi connectivity index (χ1v) is 11.6. The van der Waals surface area contributed by atoms with Gasteiger partial charge in [0.25, 0.3) is 0 Å². The van der Waals surface area contributed by atoms with Crippen LogP contribution in [0.1, 0.15) is 37.8 Å². The summed E-state index contributed by atoms with van der Waals surface area (Å²) in [5, 5.41) is 23.0. The molecule has 0 saturated carbocycles. The van der Waals surface area contributed by atoms with Crippen molar-refractivity contribution in [3.8, 4) is 0 Å². The SMILES string of the molecule is NC(N)=NCCCC(N)C(=O)NC(Cc1cnc[nH]1)C(=O)N1CCCC1C(=O)NC(CC(=O)O)C(=O)O. The minimum Gasteiger partial charge on any atom is -0.481 e. The second-order valence-corrected chi connectivity index (χ2v) is 8.58. The van der Waals surface area contributed by atoms with Crippen LogP contribution >= 0.6 is 0 Å². The van der Waals surface area contributed by atoms with Gasteiger partial charge in [0, 0.05) is 31.4 Å². The van der Waals surface area contributed by atoms with Crippen LogP contribution in [0.15, 0.2) is 17.5 Å². The average molecular weight is 524 g/mol. The lowest BCUT2D eigenvalue weighted by Gasteiger charge is -2.29. The van der Waals surface area contributed by atoms with Crippen LogP contribution in [-0.2, 0) is 30.4 Å². The fourth-order valence-corrected chi connectivity index (χ4v) is 3.89. The van der Waals surface area contributed by atoms with Gasteiger partial charge in [0.15, 0.2) is 5.96 Å². The number of likely N-dealkylation sites (tertiary alicyclic amines) is 1. The quantitative estimate of drug-likeness (QED) is 0.0685. The number of imidazole rings is 1. The third-order valence-electron chi connectivity index (χ3n) is 5.73. The smallest absolute Gasteiger partial charge is 0.326 e. The maximum absolute atomic E-state index is 13.5. The molecule has 37 heavy (non-hydrogen) atoms. The van der Waals surface area contributed by atoms with Crippen LogP contribution in [0.4, 0.5) is 0 Å². The van der Waals surface area contributed by atoms with Gasteiger partial charge in [-0.15, -0.1) is 0 Å². The van der Waals surface area contributed by atoms with E-state index in [9.17, 15) is 29.1 Å². The van der Waals surface area contributed by atoms with Gasteiger partial charge in [0.05, 0.1) is 18.8 Å². The molecule has 16 nitrogen and oxygen atoms in total. The van der Waals surface area contributed by atoms with E-state index in [1.54, 1.807) is 0 Å². The van der Waals surface area contributed by atoms with Crippen LogP contribution in [0.2, 0.25) is 0 Å².